The minimum atomic E-state index is -5.00. The number of aromatic nitrogens is 2. The molecule has 0 bridgehead atoms. The Hall–Kier alpha value is -3.86. The Morgan fingerprint density at radius 2 is 1.49 bits per heavy atom. The number of hydrogen-bond acceptors (Lipinski definition) is 4. The molecule has 0 unspecified atom stereocenters. The van der Waals surface area contributed by atoms with Crippen molar-refractivity contribution in [2.45, 2.75) is 35.7 Å². The van der Waals surface area contributed by atoms with Gasteiger partial charge in [0.2, 0.25) is 0 Å². The van der Waals surface area contributed by atoms with Gasteiger partial charge in [0.1, 0.15) is 10.1 Å². The normalized spacial score (nSPS) is 11.9. The summed E-state index contributed by atoms with van der Waals surface area (Å²) in [4.78, 5) is 21.9. The van der Waals surface area contributed by atoms with Gasteiger partial charge in [-0.2, -0.15) is 26.3 Å². The van der Waals surface area contributed by atoms with E-state index in [0.29, 0.717) is 33.3 Å². The maximum atomic E-state index is 13.5. The molecule has 4 aromatic rings. The number of benzene rings is 2. The van der Waals surface area contributed by atoms with Crippen LogP contribution in [0.5, 0.6) is 0 Å². The van der Waals surface area contributed by atoms with E-state index in [-0.39, 0.29) is 22.9 Å². The van der Waals surface area contributed by atoms with Gasteiger partial charge in [-0.25, -0.2) is 9.97 Å². The van der Waals surface area contributed by atoms with Crippen LogP contribution in [-0.4, -0.2) is 22.9 Å². The van der Waals surface area contributed by atoms with E-state index >= 15 is 0 Å². The molecule has 2 aromatic carbocycles. The smallest absolute Gasteiger partial charge is 0.355 e. The highest BCUT2D eigenvalue weighted by Gasteiger charge is 2.37. The second-order valence-electron chi connectivity index (χ2n) is 8.58. The monoisotopic (exact) mass is 561 g/mol. The Balaban J connectivity index is 1.96. The summed E-state index contributed by atoms with van der Waals surface area (Å²) < 4.78 is 81.1. The van der Waals surface area contributed by atoms with E-state index in [1.165, 1.54) is 7.05 Å². The van der Waals surface area contributed by atoms with E-state index in [0.717, 1.165) is 17.3 Å². The molecule has 202 valence electrons. The fourth-order valence-corrected chi connectivity index (χ4v) is 4.85. The summed E-state index contributed by atoms with van der Waals surface area (Å²) in [6, 6.07) is 15.4. The van der Waals surface area contributed by atoms with Crippen molar-refractivity contribution in [3.63, 3.8) is 0 Å². The van der Waals surface area contributed by atoms with Crippen LogP contribution in [0.3, 0.4) is 0 Å². The predicted octanol–water partition coefficient (Wildman–Crippen LogP) is 7.59. The molecule has 2 heterocycles. The van der Waals surface area contributed by atoms with Crippen molar-refractivity contribution in [1.82, 2.24) is 15.3 Å². The number of nitrogens with one attached hydrogen (secondary N) is 1. The number of aryl methyl sites for hydroxylation is 1. The van der Waals surface area contributed by atoms with E-state index < -0.39 is 35.8 Å². The van der Waals surface area contributed by atoms with Crippen LogP contribution in [0.15, 0.2) is 83.0 Å². The van der Waals surface area contributed by atoms with Gasteiger partial charge in [-0.3, -0.25) is 4.79 Å². The van der Waals surface area contributed by atoms with Crippen LogP contribution in [-0.2, 0) is 18.8 Å². The van der Waals surface area contributed by atoms with Gasteiger partial charge in [0.25, 0.3) is 5.91 Å². The lowest BCUT2D eigenvalue weighted by Crippen LogP contribution is -2.22. The van der Waals surface area contributed by atoms with Gasteiger partial charge in [-0.15, -0.1) is 0 Å². The molecule has 1 N–H and O–H groups in total. The standard InChI is InChI=1S/C28H21F6N3OS/c1-16-7-3-4-8-20(16)21-15-24(39-23-9-5-6-10-36-23)37-22(25(21)26(38)35-2)13-17-11-18(27(29,30)31)14-19(12-17)28(32,33)34/h3-12,14-15H,13H2,1-2H3,(H,35,38). The van der Waals surface area contributed by atoms with Crippen LogP contribution in [0.25, 0.3) is 11.1 Å². The fraction of sp³-hybridized carbons (Fsp3) is 0.179. The Labute approximate surface area is 224 Å². The third kappa shape index (κ3) is 6.59. The molecule has 0 aliphatic heterocycles. The van der Waals surface area contributed by atoms with Gasteiger partial charge in [0.05, 0.1) is 22.4 Å². The second-order valence-corrected chi connectivity index (χ2v) is 9.63. The highest BCUT2D eigenvalue weighted by molar-refractivity contribution is 7.99. The molecular weight excluding hydrogens is 540 g/mol. The lowest BCUT2D eigenvalue weighted by atomic mass is 9.92. The summed E-state index contributed by atoms with van der Waals surface area (Å²) in [5, 5.41) is 3.46. The molecule has 1 amide bonds. The van der Waals surface area contributed by atoms with Crippen LogP contribution in [0.2, 0.25) is 0 Å². The Kier molecular flexibility index (Phi) is 8.01. The maximum absolute atomic E-state index is 13.5. The quantitative estimate of drug-likeness (QED) is 0.247. The molecule has 0 atom stereocenters. The molecule has 39 heavy (non-hydrogen) atoms. The summed E-state index contributed by atoms with van der Waals surface area (Å²) >= 11 is 1.16. The zero-order chi connectivity index (χ0) is 28.4. The zero-order valence-electron chi connectivity index (χ0n) is 20.6. The molecular formula is C28H21F6N3OS. The number of pyridine rings is 2. The van der Waals surface area contributed by atoms with Gasteiger partial charge in [-0.1, -0.05) is 42.1 Å². The van der Waals surface area contributed by atoms with Crippen LogP contribution in [0.4, 0.5) is 26.3 Å². The Morgan fingerprint density at radius 1 is 0.846 bits per heavy atom. The first kappa shape index (κ1) is 28.2. The van der Waals surface area contributed by atoms with Gasteiger partial charge in [0, 0.05) is 19.7 Å². The molecule has 11 heteroatoms. The molecule has 4 rings (SSSR count). The largest absolute Gasteiger partial charge is 0.416 e. The van der Waals surface area contributed by atoms with Gasteiger partial charge < -0.3 is 5.32 Å². The van der Waals surface area contributed by atoms with Crippen LogP contribution in [0.1, 0.15) is 38.3 Å². The van der Waals surface area contributed by atoms with Gasteiger partial charge >= 0.3 is 12.4 Å². The van der Waals surface area contributed by atoms with E-state index in [9.17, 15) is 31.1 Å². The molecule has 0 radical (unpaired) electrons. The number of nitrogens with zero attached hydrogens (tertiary/aromatic N) is 2. The van der Waals surface area contributed by atoms with Crippen molar-refractivity contribution >= 4 is 17.7 Å². The molecule has 0 aliphatic carbocycles. The number of amides is 1. The zero-order valence-corrected chi connectivity index (χ0v) is 21.4. The summed E-state index contributed by atoms with van der Waals surface area (Å²) in [7, 11) is 1.39. The SMILES string of the molecule is CNC(=O)c1c(-c2ccccc2C)cc(Sc2ccccn2)nc1Cc1cc(C(F)(F)F)cc(C(F)(F)F)c1. The first-order valence-corrected chi connectivity index (χ1v) is 12.4. The summed E-state index contributed by atoms with van der Waals surface area (Å²) in [6.45, 7) is 1.83. The summed E-state index contributed by atoms with van der Waals surface area (Å²) in [5.74, 6) is -0.576. The van der Waals surface area contributed by atoms with E-state index in [1.54, 1.807) is 42.6 Å². The van der Waals surface area contributed by atoms with Crippen LogP contribution >= 0.6 is 11.8 Å². The average Bonchev–Trinajstić information content (AvgIpc) is 2.88. The topological polar surface area (TPSA) is 54.9 Å². The predicted molar refractivity (Wildman–Crippen MR) is 135 cm³/mol. The van der Waals surface area contributed by atoms with Crippen molar-refractivity contribution in [2.75, 3.05) is 7.05 Å². The molecule has 0 fully saturated rings. The average molecular weight is 562 g/mol. The van der Waals surface area contributed by atoms with E-state index in [2.05, 4.69) is 15.3 Å². The molecule has 2 aromatic heterocycles. The summed E-state index contributed by atoms with van der Waals surface area (Å²) in [5.41, 5.74) is -1.15. The van der Waals surface area contributed by atoms with Crippen molar-refractivity contribution in [3.8, 4) is 11.1 Å². The third-order valence-electron chi connectivity index (χ3n) is 5.83. The number of halogens is 6. The van der Waals surface area contributed by atoms with Crippen LogP contribution < -0.4 is 5.32 Å². The number of carbonyl (C=O) groups excluding carboxylic acids is 1. The Bertz CT molecular complexity index is 1470. The Morgan fingerprint density at radius 3 is 2.05 bits per heavy atom. The van der Waals surface area contributed by atoms with Crippen molar-refractivity contribution in [2.24, 2.45) is 0 Å². The fourth-order valence-electron chi connectivity index (χ4n) is 4.05. The molecule has 4 nitrogen and oxygen atoms in total. The minimum Gasteiger partial charge on any atom is -0.355 e. The second kappa shape index (κ2) is 11.1. The van der Waals surface area contributed by atoms with Gasteiger partial charge in [-0.05, 0) is 65.6 Å². The van der Waals surface area contributed by atoms with Gasteiger partial charge in [0.15, 0.2) is 0 Å². The van der Waals surface area contributed by atoms with E-state index in [4.69, 9.17) is 0 Å². The molecule has 0 spiro atoms. The third-order valence-corrected chi connectivity index (χ3v) is 6.70. The van der Waals surface area contributed by atoms with Crippen molar-refractivity contribution in [1.29, 1.82) is 0 Å². The number of hydrogen-bond donors (Lipinski definition) is 1. The number of alkyl halides is 6. The maximum Gasteiger partial charge on any atom is 0.416 e. The lowest BCUT2D eigenvalue weighted by Gasteiger charge is -2.18. The first-order chi connectivity index (χ1) is 18.4. The molecule has 0 saturated heterocycles. The van der Waals surface area contributed by atoms with Crippen LogP contribution in [0, 0.1) is 6.92 Å². The highest BCUT2D eigenvalue weighted by Crippen LogP contribution is 2.38. The first-order valence-electron chi connectivity index (χ1n) is 11.6. The highest BCUT2D eigenvalue weighted by atomic mass is 32.2. The number of rotatable bonds is 6. The van der Waals surface area contributed by atoms with Crippen molar-refractivity contribution < 1.29 is 31.1 Å². The van der Waals surface area contributed by atoms with E-state index in [1.807, 2.05) is 19.1 Å². The molecule has 0 saturated carbocycles. The lowest BCUT2D eigenvalue weighted by molar-refractivity contribution is -0.143. The summed E-state index contributed by atoms with van der Waals surface area (Å²) in [6.07, 6.45) is -8.89. The number of carbonyl (C=O) groups is 1. The molecule has 0 aliphatic rings. The minimum absolute atomic E-state index is 0.0287. The van der Waals surface area contributed by atoms with Crippen molar-refractivity contribution in [3.05, 3.63) is 106 Å².